The zero-order valence-electron chi connectivity index (χ0n) is 19.3. The lowest BCUT2D eigenvalue weighted by Gasteiger charge is -2.10. The lowest BCUT2D eigenvalue weighted by Crippen LogP contribution is -2.24. The van der Waals surface area contributed by atoms with Gasteiger partial charge in [0, 0.05) is 6.54 Å². The van der Waals surface area contributed by atoms with Gasteiger partial charge in [-0.3, -0.25) is 4.79 Å². The molecular formula is C27H27N3O4. The number of nitrogens with one attached hydrogen (secondary N) is 1. The number of aromatic nitrogens is 2. The molecule has 0 saturated heterocycles. The Kier molecular flexibility index (Phi) is 7.22. The summed E-state index contributed by atoms with van der Waals surface area (Å²) >= 11 is 0. The van der Waals surface area contributed by atoms with Crippen LogP contribution < -0.4 is 10.1 Å². The standard InChI is InChI=1S/C27H27N3O4/c1-3-7-25-24(17-29-30(25)22-8-5-4-6-9-22)27(32)28-16-19-10-11-21-15-23(13-12-20(21)14-19)34-18-26(31)33-2/h4-6,8-15,17H,3,7,16,18H2,1-2H3,(H,28,32). The normalized spacial score (nSPS) is 10.8. The smallest absolute Gasteiger partial charge is 0.343 e. The molecule has 0 spiro atoms. The highest BCUT2D eigenvalue weighted by atomic mass is 16.6. The molecule has 1 aromatic heterocycles. The van der Waals surface area contributed by atoms with E-state index >= 15 is 0 Å². The molecule has 0 aliphatic carbocycles. The lowest BCUT2D eigenvalue weighted by atomic mass is 10.1. The number of ether oxygens (including phenoxy) is 2. The second kappa shape index (κ2) is 10.7. The van der Waals surface area contributed by atoms with E-state index < -0.39 is 5.97 Å². The van der Waals surface area contributed by atoms with E-state index in [0.29, 0.717) is 17.9 Å². The number of hydrogen-bond acceptors (Lipinski definition) is 5. The van der Waals surface area contributed by atoms with E-state index in [1.807, 2.05) is 71.4 Å². The van der Waals surface area contributed by atoms with Crippen LogP contribution in [-0.2, 0) is 22.5 Å². The Morgan fingerprint density at radius 3 is 2.53 bits per heavy atom. The molecule has 0 saturated carbocycles. The first-order valence-electron chi connectivity index (χ1n) is 11.2. The fourth-order valence-electron chi connectivity index (χ4n) is 3.78. The number of para-hydroxylation sites is 1. The number of benzene rings is 3. The number of carbonyl (C=O) groups excluding carboxylic acids is 2. The molecule has 1 heterocycles. The van der Waals surface area contributed by atoms with Gasteiger partial charge >= 0.3 is 5.97 Å². The molecule has 0 fully saturated rings. The molecule has 0 aliphatic heterocycles. The van der Waals surface area contributed by atoms with Gasteiger partial charge in [-0.1, -0.05) is 49.7 Å². The molecule has 3 aromatic carbocycles. The molecule has 174 valence electrons. The predicted molar refractivity (Wildman–Crippen MR) is 130 cm³/mol. The van der Waals surface area contributed by atoms with Gasteiger partial charge in [-0.25, -0.2) is 9.48 Å². The van der Waals surface area contributed by atoms with Gasteiger partial charge in [0.25, 0.3) is 5.91 Å². The Labute approximate surface area is 198 Å². The summed E-state index contributed by atoms with van der Waals surface area (Å²) in [6.45, 7) is 2.36. The summed E-state index contributed by atoms with van der Waals surface area (Å²) in [4.78, 5) is 24.3. The first-order valence-corrected chi connectivity index (χ1v) is 11.2. The van der Waals surface area contributed by atoms with Gasteiger partial charge in [-0.15, -0.1) is 0 Å². The fourth-order valence-corrected chi connectivity index (χ4v) is 3.78. The molecule has 7 heteroatoms. The molecule has 7 nitrogen and oxygen atoms in total. The molecular weight excluding hydrogens is 430 g/mol. The quantitative estimate of drug-likeness (QED) is 0.375. The summed E-state index contributed by atoms with van der Waals surface area (Å²) in [5.74, 6) is 0.0257. The van der Waals surface area contributed by atoms with Crippen LogP contribution in [0.1, 0.15) is 35.0 Å². The lowest BCUT2D eigenvalue weighted by molar-refractivity contribution is -0.142. The van der Waals surface area contributed by atoms with Crippen molar-refractivity contribution in [3.05, 3.63) is 89.7 Å². The van der Waals surface area contributed by atoms with Crippen molar-refractivity contribution in [2.75, 3.05) is 13.7 Å². The van der Waals surface area contributed by atoms with Crippen molar-refractivity contribution in [1.82, 2.24) is 15.1 Å². The third-order valence-electron chi connectivity index (χ3n) is 5.51. The average molecular weight is 458 g/mol. The SMILES string of the molecule is CCCc1c(C(=O)NCc2ccc3cc(OCC(=O)OC)ccc3c2)cnn1-c1ccccc1. The Balaban J connectivity index is 1.46. The first kappa shape index (κ1) is 23.0. The van der Waals surface area contributed by atoms with Gasteiger partial charge in [-0.05, 0) is 53.1 Å². The van der Waals surface area contributed by atoms with E-state index in [1.54, 1.807) is 6.20 Å². The number of fused-ring (bicyclic) bond motifs is 1. The van der Waals surface area contributed by atoms with Crippen molar-refractivity contribution in [1.29, 1.82) is 0 Å². The zero-order chi connectivity index (χ0) is 23.9. The van der Waals surface area contributed by atoms with Crippen molar-refractivity contribution in [2.24, 2.45) is 0 Å². The Hall–Kier alpha value is -4.13. The molecule has 0 atom stereocenters. The van der Waals surface area contributed by atoms with Gasteiger partial charge in [-0.2, -0.15) is 5.10 Å². The van der Waals surface area contributed by atoms with Crippen molar-refractivity contribution in [2.45, 2.75) is 26.3 Å². The summed E-state index contributed by atoms with van der Waals surface area (Å²) in [6, 6.07) is 21.4. The minimum absolute atomic E-state index is 0.132. The molecule has 1 N–H and O–H groups in total. The van der Waals surface area contributed by atoms with Crippen molar-refractivity contribution in [3.8, 4) is 11.4 Å². The molecule has 4 aromatic rings. The van der Waals surface area contributed by atoms with Crippen molar-refractivity contribution >= 4 is 22.6 Å². The Bertz CT molecular complexity index is 1300. The van der Waals surface area contributed by atoms with Crippen LogP contribution in [0.4, 0.5) is 0 Å². The molecule has 0 unspecified atom stereocenters. The summed E-state index contributed by atoms with van der Waals surface area (Å²) in [6.07, 6.45) is 3.31. The topological polar surface area (TPSA) is 82.4 Å². The Morgan fingerprint density at radius 2 is 1.76 bits per heavy atom. The summed E-state index contributed by atoms with van der Waals surface area (Å²) in [5, 5.41) is 9.50. The second-order valence-electron chi connectivity index (χ2n) is 7.89. The highest BCUT2D eigenvalue weighted by Crippen LogP contribution is 2.23. The van der Waals surface area contributed by atoms with E-state index in [9.17, 15) is 9.59 Å². The zero-order valence-corrected chi connectivity index (χ0v) is 19.3. The Morgan fingerprint density at radius 1 is 1.00 bits per heavy atom. The van der Waals surface area contributed by atoms with E-state index in [4.69, 9.17) is 4.74 Å². The predicted octanol–water partition coefficient (Wildman–Crippen LogP) is 4.46. The third kappa shape index (κ3) is 5.26. The van der Waals surface area contributed by atoms with Gasteiger partial charge in [0.2, 0.25) is 0 Å². The minimum atomic E-state index is -0.428. The van der Waals surface area contributed by atoms with Crippen LogP contribution in [-0.4, -0.2) is 35.4 Å². The maximum atomic E-state index is 13.0. The molecule has 1 amide bonds. The van der Waals surface area contributed by atoms with Crippen LogP contribution in [0.5, 0.6) is 5.75 Å². The highest BCUT2D eigenvalue weighted by molar-refractivity contribution is 5.95. The monoisotopic (exact) mass is 457 g/mol. The summed E-state index contributed by atoms with van der Waals surface area (Å²) < 4.78 is 11.9. The van der Waals surface area contributed by atoms with Gasteiger partial charge < -0.3 is 14.8 Å². The third-order valence-corrected chi connectivity index (χ3v) is 5.51. The molecule has 0 bridgehead atoms. The van der Waals surface area contributed by atoms with Gasteiger partial charge in [0.15, 0.2) is 6.61 Å². The number of methoxy groups -OCH3 is 1. The van der Waals surface area contributed by atoms with E-state index in [1.165, 1.54) is 7.11 Å². The second-order valence-corrected chi connectivity index (χ2v) is 7.89. The largest absolute Gasteiger partial charge is 0.482 e. The first-order chi connectivity index (χ1) is 16.6. The molecule has 4 rings (SSSR count). The van der Waals surface area contributed by atoms with Crippen LogP contribution in [0.3, 0.4) is 0 Å². The van der Waals surface area contributed by atoms with Crippen molar-refractivity contribution < 1.29 is 19.1 Å². The average Bonchev–Trinajstić information content (AvgIpc) is 3.30. The number of carbonyl (C=O) groups is 2. The highest BCUT2D eigenvalue weighted by Gasteiger charge is 2.17. The molecule has 0 aliphatic rings. The van der Waals surface area contributed by atoms with Crippen LogP contribution in [0.15, 0.2) is 72.9 Å². The van der Waals surface area contributed by atoms with E-state index in [-0.39, 0.29) is 12.5 Å². The van der Waals surface area contributed by atoms with Crippen LogP contribution in [0.25, 0.3) is 16.5 Å². The van der Waals surface area contributed by atoms with Crippen LogP contribution in [0, 0.1) is 0 Å². The molecule has 34 heavy (non-hydrogen) atoms. The fraction of sp³-hybridized carbons (Fsp3) is 0.222. The molecule has 0 radical (unpaired) electrons. The summed E-state index contributed by atoms with van der Waals surface area (Å²) in [5.41, 5.74) is 3.43. The van der Waals surface area contributed by atoms with Crippen LogP contribution >= 0.6 is 0 Å². The van der Waals surface area contributed by atoms with E-state index in [0.717, 1.165) is 40.6 Å². The number of nitrogens with zero attached hydrogens (tertiary/aromatic N) is 2. The minimum Gasteiger partial charge on any atom is -0.482 e. The number of amides is 1. The van der Waals surface area contributed by atoms with E-state index in [2.05, 4.69) is 22.1 Å². The van der Waals surface area contributed by atoms with Crippen LogP contribution in [0.2, 0.25) is 0 Å². The summed E-state index contributed by atoms with van der Waals surface area (Å²) in [7, 11) is 1.33. The maximum absolute atomic E-state index is 13.0. The van der Waals surface area contributed by atoms with Gasteiger partial charge in [0.1, 0.15) is 5.75 Å². The maximum Gasteiger partial charge on any atom is 0.343 e. The van der Waals surface area contributed by atoms with Crippen molar-refractivity contribution in [3.63, 3.8) is 0 Å². The number of esters is 1. The van der Waals surface area contributed by atoms with Gasteiger partial charge in [0.05, 0.1) is 30.3 Å². The number of hydrogen-bond donors (Lipinski definition) is 1. The number of rotatable bonds is 9.